The first-order valence-electron chi connectivity index (χ1n) is 10.5. The van der Waals surface area contributed by atoms with Crippen LogP contribution in [0.5, 0.6) is 0 Å². The van der Waals surface area contributed by atoms with Crippen LogP contribution in [0.4, 0.5) is 11.4 Å². The van der Waals surface area contributed by atoms with Crippen molar-refractivity contribution < 1.29 is 9.90 Å². The van der Waals surface area contributed by atoms with E-state index in [4.69, 9.17) is 0 Å². The van der Waals surface area contributed by atoms with Crippen LogP contribution in [-0.4, -0.2) is 59.5 Å². The van der Waals surface area contributed by atoms with Crippen LogP contribution >= 0.6 is 0 Å². The average molecular weight is 395 g/mol. The Bertz CT molecular complexity index is 854. The van der Waals surface area contributed by atoms with Gasteiger partial charge in [-0.25, -0.2) is 4.79 Å². The Morgan fingerprint density at radius 2 is 1.59 bits per heavy atom. The third-order valence-electron chi connectivity index (χ3n) is 5.48. The minimum atomic E-state index is -0.996. The molecule has 2 fully saturated rings. The zero-order valence-electron chi connectivity index (χ0n) is 17.3. The summed E-state index contributed by atoms with van der Waals surface area (Å²) in [6, 6.07) is 5.11. The molecule has 6 nitrogen and oxygen atoms in total. The Hall–Kier alpha value is -2.89. The van der Waals surface area contributed by atoms with E-state index >= 15 is 0 Å². The Labute approximate surface area is 173 Å². The van der Waals surface area contributed by atoms with Gasteiger partial charge in [0, 0.05) is 50.0 Å². The molecule has 1 aromatic carbocycles. The van der Waals surface area contributed by atoms with Crippen molar-refractivity contribution in [2.24, 2.45) is 9.98 Å². The fourth-order valence-corrected chi connectivity index (χ4v) is 3.91. The average Bonchev–Trinajstić information content (AvgIpc) is 3.37. The number of rotatable bonds is 7. The van der Waals surface area contributed by atoms with Crippen LogP contribution in [0.2, 0.25) is 0 Å². The van der Waals surface area contributed by atoms with Gasteiger partial charge in [0.25, 0.3) is 0 Å². The molecule has 0 radical (unpaired) electrons. The predicted octanol–water partition coefficient (Wildman–Crippen LogP) is 4.79. The molecule has 2 saturated heterocycles. The number of nitrogens with zero attached hydrogens (tertiary/aromatic N) is 4. The zero-order chi connectivity index (χ0) is 20.6. The monoisotopic (exact) mass is 394 g/mol. The van der Waals surface area contributed by atoms with Gasteiger partial charge in [0.15, 0.2) is 0 Å². The maximum atomic E-state index is 11.7. The van der Waals surface area contributed by atoms with E-state index in [1.54, 1.807) is 30.6 Å². The molecule has 0 aliphatic carbocycles. The van der Waals surface area contributed by atoms with Crippen LogP contribution in [0.25, 0.3) is 0 Å². The summed E-state index contributed by atoms with van der Waals surface area (Å²) in [5, 5.41) is 9.58. The van der Waals surface area contributed by atoms with Crippen LogP contribution in [0.1, 0.15) is 49.9 Å². The number of hydrogen-bond acceptors (Lipinski definition) is 5. The summed E-state index contributed by atoms with van der Waals surface area (Å²) in [6.45, 7) is 8.45. The molecule has 6 heteroatoms. The Kier molecular flexibility index (Phi) is 7.22. The number of aromatic carboxylic acids is 1. The molecule has 0 saturated carbocycles. The minimum Gasteiger partial charge on any atom is -0.478 e. The standard InChI is InChI=1S/C23H30N4O2/c1-3-26-15-5-7-19(26)11-13-24-18-9-10-22(21(17-18)23(28)29)25-14-12-20-8-6-16-27(20)4-2/h9-14,17H,3-8,15-16H2,1-2H3,(H,28,29)/b19-11+,20-12-,24-13?,25-14?. The molecule has 3 rings (SSSR count). The molecular weight excluding hydrogens is 364 g/mol. The van der Waals surface area contributed by atoms with Gasteiger partial charge in [-0.3, -0.25) is 9.98 Å². The molecule has 2 aliphatic rings. The second kappa shape index (κ2) is 10.0. The van der Waals surface area contributed by atoms with Gasteiger partial charge in [0.1, 0.15) is 0 Å². The van der Waals surface area contributed by atoms with E-state index in [0.29, 0.717) is 11.4 Å². The van der Waals surface area contributed by atoms with E-state index in [-0.39, 0.29) is 5.56 Å². The summed E-state index contributed by atoms with van der Waals surface area (Å²) >= 11 is 0. The molecule has 29 heavy (non-hydrogen) atoms. The summed E-state index contributed by atoms with van der Waals surface area (Å²) in [5.74, 6) is -0.996. The Morgan fingerprint density at radius 1 is 1.00 bits per heavy atom. The smallest absolute Gasteiger partial charge is 0.337 e. The zero-order valence-corrected chi connectivity index (χ0v) is 17.3. The molecule has 0 spiro atoms. The second-order valence-corrected chi connectivity index (χ2v) is 7.25. The summed E-state index contributed by atoms with van der Waals surface area (Å²) in [6.07, 6.45) is 11.9. The maximum Gasteiger partial charge on any atom is 0.337 e. The SMILES string of the molecule is CCN1CCC/C1=C/C=Nc1ccc(N=C/C=C2\CCCN2CC)cc1C(=O)O. The molecule has 0 amide bonds. The van der Waals surface area contributed by atoms with Gasteiger partial charge in [-0.15, -0.1) is 0 Å². The minimum absolute atomic E-state index is 0.164. The van der Waals surface area contributed by atoms with Gasteiger partial charge in [-0.05, 0) is 69.9 Å². The largest absolute Gasteiger partial charge is 0.478 e. The van der Waals surface area contributed by atoms with Crippen LogP contribution in [0.15, 0.2) is 51.7 Å². The van der Waals surface area contributed by atoms with Crippen molar-refractivity contribution in [1.82, 2.24) is 9.80 Å². The molecule has 0 bridgehead atoms. The fraction of sp³-hybridized carbons (Fsp3) is 0.435. The van der Waals surface area contributed by atoms with E-state index in [2.05, 4.69) is 33.6 Å². The van der Waals surface area contributed by atoms with Crippen LogP contribution in [-0.2, 0) is 0 Å². The first-order chi connectivity index (χ1) is 14.1. The third kappa shape index (κ3) is 5.34. The molecule has 1 aromatic rings. The highest BCUT2D eigenvalue weighted by Crippen LogP contribution is 2.26. The second-order valence-electron chi connectivity index (χ2n) is 7.25. The summed E-state index contributed by atoms with van der Waals surface area (Å²) in [4.78, 5) is 25.2. The third-order valence-corrected chi connectivity index (χ3v) is 5.48. The highest BCUT2D eigenvalue weighted by atomic mass is 16.4. The summed E-state index contributed by atoms with van der Waals surface area (Å²) < 4.78 is 0. The molecular formula is C23H30N4O2. The van der Waals surface area contributed by atoms with Gasteiger partial charge in [-0.1, -0.05) is 0 Å². The van der Waals surface area contributed by atoms with Gasteiger partial charge < -0.3 is 14.9 Å². The predicted molar refractivity (Wildman–Crippen MR) is 119 cm³/mol. The van der Waals surface area contributed by atoms with E-state index in [0.717, 1.165) is 45.4 Å². The van der Waals surface area contributed by atoms with E-state index in [1.807, 2.05) is 12.2 Å². The van der Waals surface area contributed by atoms with Crippen molar-refractivity contribution in [2.75, 3.05) is 26.2 Å². The number of carboxylic acid groups (broad SMARTS) is 1. The normalized spacial score (nSPS) is 20.2. The number of hydrogen-bond donors (Lipinski definition) is 1. The van der Waals surface area contributed by atoms with Gasteiger partial charge in [0.2, 0.25) is 0 Å². The first-order valence-corrected chi connectivity index (χ1v) is 10.5. The Morgan fingerprint density at radius 3 is 2.14 bits per heavy atom. The van der Waals surface area contributed by atoms with Crippen LogP contribution < -0.4 is 0 Å². The van der Waals surface area contributed by atoms with Crippen molar-refractivity contribution in [3.63, 3.8) is 0 Å². The molecule has 1 N–H and O–H groups in total. The molecule has 0 atom stereocenters. The summed E-state index contributed by atoms with van der Waals surface area (Å²) in [7, 11) is 0. The number of carbonyl (C=O) groups is 1. The van der Waals surface area contributed by atoms with Crippen molar-refractivity contribution in [2.45, 2.75) is 39.5 Å². The topological polar surface area (TPSA) is 68.5 Å². The molecule has 0 unspecified atom stereocenters. The molecule has 2 aliphatic heterocycles. The van der Waals surface area contributed by atoms with Gasteiger partial charge in [0.05, 0.1) is 16.9 Å². The lowest BCUT2D eigenvalue weighted by molar-refractivity contribution is 0.0698. The Balaban J connectivity index is 1.74. The lowest BCUT2D eigenvalue weighted by Crippen LogP contribution is -2.16. The van der Waals surface area contributed by atoms with Crippen LogP contribution in [0, 0.1) is 0 Å². The van der Waals surface area contributed by atoms with Crippen molar-refractivity contribution in [3.05, 3.63) is 47.3 Å². The van der Waals surface area contributed by atoms with E-state index in [1.165, 1.54) is 17.8 Å². The highest BCUT2D eigenvalue weighted by molar-refractivity contribution is 5.96. The van der Waals surface area contributed by atoms with Crippen molar-refractivity contribution >= 4 is 29.8 Å². The van der Waals surface area contributed by atoms with Crippen molar-refractivity contribution in [3.8, 4) is 0 Å². The number of aliphatic imine (C=N–C) groups is 2. The number of carboxylic acids is 1. The maximum absolute atomic E-state index is 11.7. The lowest BCUT2D eigenvalue weighted by atomic mass is 10.1. The molecule has 0 aromatic heterocycles. The molecule has 2 heterocycles. The highest BCUT2D eigenvalue weighted by Gasteiger charge is 2.15. The number of allylic oxidation sites excluding steroid dienone is 4. The van der Waals surface area contributed by atoms with Crippen LogP contribution in [0.3, 0.4) is 0 Å². The number of benzene rings is 1. The van der Waals surface area contributed by atoms with E-state index in [9.17, 15) is 9.90 Å². The quantitative estimate of drug-likeness (QED) is 0.675. The number of likely N-dealkylation sites (tertiary alicyclic amines) is 2. The fourth-order valence-electron chi connectivity index (χ4n) is 3.91. The first kappa shape index (κ1) is 20.8. The van der Waals surface area contributed by atoms with E-state index < -0.39 is 5.97 Å². The van der Waals surface area contributed by atoms with Gasteiger partial charge in [-0.2, -0.15) is 0 Å². The van der Waals surface area contributed by atoms with Crippen molar-refractivity contribution in [1.29, 1.82) is 0 Å². The summed E-state index contributed by atoms with van der Waals surface area (Å²) in [5.41, 5.74) is 3.77. The molecule has 154 valence electrons. The van der Waals surface area contributed by atoms with Gasteiger partial charge >= 0.3 is 5.97 Å². The lowest BCUT2D eigenvalue weighted by Gasteiger charge is -2.16.